The largest absolute Gasteiger partial charge is 0.299 e. The molecule has 1 spiro atoms. The fourth-order valence-corrected chi connectivity index (χ4v) is 5.43. The zero-order valence-electron chi connectivity index (χ0n) is 9.73. The summed E-state index contributed by atoms with van der Waals surface area (Å²) in [5, 5.41) is 0. The molecule has 2 heteroatoms. The lowest BCUT2D eigenvalue weighted by atomic mass is 9.58. The molecule has 14 heavy (non-hydrogen) atoms. The van der Waals surface area contributed by atoms with Crippen molar-refractivity contribution >= 4 is 13.9 Å². The van der Waals surface area contributed by atoms with Gasteiger partial charge in [-0.1, -0.05) is 38.5 Å². The van der Waals surface area contributed by atoms with Gasteiger partial charge in [-0.3, -0.25) is 4.79 Å². The fraction of sp³-hybridized carbons (Fsp3) is 0.917. The Labute approximate surface area is 88.3 Å². The standard InChI is InChI=1S/C12H22OSi/c1-14(2,3)9-10-8-11(13)12(10)6-4-5-7-12/h10H,4-9H2,1-3H3. The van der Waals surface area contributed by atoms with Gasteiger partial charge in [0, 0.05) is 19.9 Å². The summed E-state index contributed by atoms with van der Waals surface area (Å²) >= 11 is 0. The van der Waals surface area contributed by atoms with Crippen molar-refractivity contribution in [2.24, 2.45) is 11.3 Å². The molecule has 0 aromatic heterocycles. The van der Waals surface area contributed by atoms with Gasteiger partial charge < -0.3 is 0 Å². The van der Waals surface area contributed by atoms with Gasteiger partial charge >= 0.3 is 0 Å². The molecule has 0 bridgehead atoms. The summed E-state index contributed by atoms with van der Waals surface area (Å²) in [5.74, 6) is 1.36. The van der Waals surface area contributed by atoms with E-state index in [1.54, 1.807) is 0 Å². The molecule has 2 aliphatic rings. The number of rotatable bonds is 2. The van der Waals surface area contributed by atoms with Gasteiger partial charge in [-0.25, -0.2) is 0 Å². The molecule has 1 unspecified atom stereocenters. The smallest absolute Gasteiger partial charge is 0.139 e. The summed E-state index contributed by atoms with van der Waals surface area (Å²) in [6, 6.07) is 1.37. The maximum absolute atomic E-state index is 11.8. The van der Waals surface area contributed by atoms with E-state index in [1.165, 1.54) is 31.7 Å². The van der Waals surface area contributed by atoms with Gasteiger partial charge in [-0.05, 0) is 18.8 Å². The zero-order chi connectivity index (χ0) is 10.4. The van der Waals surface area contributed by atoms with Gasteiger partial charge in [0.05, 0.1) is 0 Å². The van der Waals surface area contributed by atoms with E-state index in [4.69, 9.17) is 0 Å². The Morgan fingerprint density at radius 1 is 1.29 bits per heavy atom. The molecule has 0 aromatic carbocycles. The van der Waals surface area contributed by atoms with Crippen LogP contribution in [0.15, 0.2) is 0 Å². The number of carbonyl (C=O) groups is 1. The first-order valence-electron chi connectivity index (χ1n) is 5.97. The van der Waals surface area contributed by atoms with E-state index < -0.39 is 8.07 Å². The van der Waals surface area contributed by atoms with Crippen LogP contribution in [0.25, 0.3) is 0 Å². The van der Waals surface area contributed by atoms with Crippen LogP contribution in [0.2, 0.25) is 25.7 Å². The van der Waals surface area contributed by atoms with Crippen molar-refractivity contribution in [3.63, 3.8) is 0 Å². The van der Waals surface area contributed by atoms with Crippen LogP contribution in [0.3, 0.4) is 0 Å². The molecular formula is C12H22OSi. The summed E-state index contributed by atoms with van der Waals surface area (Å²) in [6.45, 7) is 7.29. The summed E-state index contributed by atoms with van der Waals surface area (Å²) in [7, 11) is -0.965. The highest BCUT2D eigenvalue weighted by molar-refractivity contribution is 6.76. The van der Waals surface area contributed by atoms with Crippen LogP contribution in [0, 0.1) is 11.3 Å². The third kappa shape index (κ3) is 1.58. The van der Waals surface area contributed by atoms with E-state index in [0.29, 0.717) is 5.78 Å². The third-order valence-corrected chi connectivity index (χ3v) is 5.84. The summed E-state index contributed by atoms with van der Waals surface area (Å²) in [5.41, 5.74) is 0.195. The Morgan fingerprint density at radius 3 is 2.29 bits per heavy atom. The molecule has 1 nitrogen and oxygen atoms in total. The Morgan fingerprint density at radius 2 is 1.86 bits per heavy atom. The van der Waals surface area contributed by atoms with Gasteiger partial charge in [0.2, 0.25) is 0 Å². The Hall–Kier alpha value is -0.113. The highest BCUT2D eigenvalue weighted by Crippen LogP contribution is 2.57. The first-order chi connectivity index (χ1) is 6.44. The second-order valence-electron chi connectivity index (χ2n) is 6.45. The summed E-state index contributed by atoms with van der Waals surface area (Å²) in [6.07, 6.45) is 5.92. The van der Waals surface area contributed by atoms with E-state index >= 15 is 0 Å². The number of Topliss-reactive ketones (excluding diaryl/α,β-unsaturated/α-hetero) is 1. The lowest BCUT2D eigenvalue weighted by Gasteiger charge is -2.47. The van der Waals surface area contributed by atoms with Crippen molar-refractivity contribution in [2.75, 3.05) is 0 Å². The number of hydrogen-bond acceptors (Lipinski definition) is 1. The van der Waals surface area contributed by atoms with Crippen LogP contribution in [0.1, 0.15) is 32.1 Å². The molecule has 0 amide bonds. The predicted octanol–water partition coefficient (Wildman–Crippen LogP) is 3.47. The van der Waals surface area contributed by atoms with Crippen molar-refractivity contribution in [1.82, 2.24) is 0 Å². The SMILES string of the molecule is C[Si](C)(C)CC1CC(=O)C12CCCC2. The predicted molar refractivity (Wildman–Crippen MR) is 62.2 cm³/mol. The monoisotopic (exact) mass is 210 g/mol. The lowest BCUT2D eigenvalue weighted by molar-refractivity contribution is -0.144. The summed E-state index contributed by atoms with van der Waals surface area (Å²) < 4.78 is 0. The lowest BCUT2D eigenvalue weighted by Crippen LogP contribution is -2.50. The molecule has 0 aromatic rings. The molecule has 0 heterocycles. The topological polar surface area (TPSA) is 17.1 Å². The van der Waals surface area contributed by atoms with Crippen molar-refractivity contribution in [2.45, 2.75) is 57.8 Å². The number of hydrogen-bond donors (Lipinski definition) is 0. The van der Waals surface area contributed by atoms with Gasteiger partial charge in [-0.2, -0.15) is 0 Å². The first kappa shape index (κ1) is 10.4. The highest BCUT2D eigenvalue weighted by Gasteiger charge is 2.55. The van der Waals surface area contributed by atoms with Crippen LogP contribution >= 0.6 is 0 Å². The number of ketones is 1. The Kier molecular flexibility index (Phi) is 2.37. The van der Waals surface area contributed by atoms with E-state index in [-0.39, 0.29) is 5.41 Å². The van der Waals surface area contributed by atoms with E-state index in [1.807, 2.05) is 0 Å². The van der Waals surface area contributed by atoms with Crippen LogP contribution < -0.4 is 0 Å². The molecule has 0 N–H and O–H groups in total. The second kappa shape index (κ2) is 3.19. The second-order valence-corrected chi connectivity index (χ2v) is 12.0. The van der Waals surface area contributed by atoms with Crippen LogP contribution in [0.4, 0.5) is 0 Å². The molecule has 0 aliphatic heterocycles. The first-order valence-corrected chi connectivity index (χ1v) is 9.68. The van der Waals surface area contributed by atoms with Gasteiger partial charge in [0.25, 0.3) is 0 Å². The van der Waals surface area contributed by atoms with E-state index in [9.17, 15) is 4.79 Å². The number of carbonyl (C=O) groups excluding carboxylic acids is 1. The van der Waals surface area contributed by atoms with Crippen molar-refractivity contribution in [1.29, 1.82) is 0 Å². The van der Waals surface area contributed by atoms with Crippen LogP contribution in [-0.4, -0.2) is 13.9 Å². The molecule has 0 saturated heterocycles. The fourth-order valence-electron chi connectivity index (χ4n) is 3.42. The normalized spacial score (nSPS) is 30.8. The molecule has 0 radical (unpaired) electrons. The molecule has 2 aliphatic carbocycles. The van der Waals surface area contributed by atoms with Crippen LogP contribution in [0.5, 0.6) is 0 Å². The zero-order valence-corrected chi connectivity index (χ0v) is 10.7. The minimum atomic E-state index is -0.965. The summed E-state index contributed by atoms with van der Waals surface area (Å²) in [4.78, 5) is 11.8. The van der Waals surface area contributed by atoms with Gasteiger partial charge in [0.1, 0.15) is 5.78 Å². The molecule has 2 saturated carbocycles. The minimum Gasteiger partial charge on any atom is -0.299 e. The maximum atomic E-state index is 11.8. The van der Waals surface area contributed by atoms with E-state index in [0.717, 1.165) is 12.3 Å². The molecule has 1 atom stereocenters. The average molecular weight is 210 g/mol. The average Bonchev–Trinajstić information content (AvgIpc) is 2.51. The molecule has 80 valence electrons. The van der Waals surface area contributed by atoms with Crippen molar-refractivity contribution < 1.29 is 4.79 Å². The highest BCUT2D eigenvalue weighted by atomic mass is 28.3. The van der Waals surface area contributed by atoms with Crippen LogP contribution in [-0.2, 0) is 4.79 Å². The molecule has 2 rings (SSSR count). The Balaban J connectivity index is 2.05. The van der Waals surface area contributed by atoms with Crippen molar-refractivity contribution in [3.8, 4) is 0 Å². The Bertz CT molecular complexity index is 246. The minimum absolute atomic E-state index is 0.195. The quantitative estimate of drug-likeness (QED) is 0.638. The van der Waals surface area contributed by atoms with E-state index in [2.05, 4.69) is 19.6 Å². The van der Waals surface area contributed by atoms with Gasteiger partial charge in [-0.15, -0.1) is 0 Å². The van der Waals surface area contributed by atoms with Gasteiger partial charge in [0.15, 0.2) is 0 Å². The van der Waals surface area contributed by atoms with Crippen molar-refractivity contribution in [3.05, 3.63) is 0 Å². The maximum Gasteiger partial charge on any atom is 0.139 e. The molecule has 2 fully saturated rings. The molecular weight excluding hydrogens is 188 g/mol. The third-order valence-electron chi connectivity index (χ3n) is 4.12.